The fourth-order valence-corrected chi connectivity index (χ4v) is 1.02. The molecule has 1 aromatic rings. The monoisotopic (exact) mass is 191 g/mol. The first-order valence-electron chi connectivity index (χ1n) is 3.99. The van der Waals surface area contributed by atoms with Gasteiger partial charge in [0, 0.05) is 12.5 Å². The minimum absolute atomic E-state index is 0.0369. The fraction of sp³-hybridized carbons (Fsp3) is 0.200. The first-order chi connectivity index (χ1) is 6.63. The smallest absolute Gasteiger partial charge is 0.304 e. The normalized spacial score (nSPS) is 11.4. The zero-order valence-electron chi connectivity index (χ0n) is 7.60. The van der Waals surface area contributed by atoms with Crippen molar-refractivity contribution in [2.24, 2.45) is 0 Å². The number of carbonyl (C=O) groups is 1. The van der Waals surface area contributed by atoms with E-state index in [4.69, 9.17) is 15.1 Å². The van der Waals surface area contributed by atoms with Crippen molar-refractivity contribution in [3.05, 3.63) is 29.8 Å². The Morgan fingerprint density at radius 2 is 2.36 bits per heavy atom. The lowest BCUT2D eigenvalue weighted by Gasteiger charge is -2.09. The Hall–Kier alpha value is -2.02. The quantitative estimate of drug-likeness (QED) is 0.719. The standard InChI is InChI=1S/C10H9NO3/c1-7(12)14-10(6-11)8-3-2-4-9(13)5-8/h2-5,10,13H,1H3/t10-/m1/s1. The number of benzene rings is 1. The molecule has 0 aliphatic carbocycles. The molecule has 0 amide bonds. The van der Waals surface area contributed by atoms with Crippen LogP contribution in [0, 0.1) is 11.3 Å². The molecule has 72 valence electrons. The van der Waals surface area contributed by atoms with Crippen molar-refractivity contribution in [2.75, 3.05) is 0 Å². The Kier molecular flexibility index (Phi) is 3.08. The van der Waals surface area contributed by atoms with Crippen LogP contribution in [0.4, 0.5) is 0 Å². The Labute approximate surface area is 81.4 Å². The highest BCUT2D eigenvalue weighted by molar-refractivity contribution is 5.66. The molecule has 0 saturated heterocycles. The van der Waals surface area contributed by atoms with Crippen LogP contribution in [0.25, 0.3) is 0 Å². The summed E-state index contributed by atoms with van der Waals surface area (Å²) >= 11 is 0. The van der Waals surface area contributed by atoms with Crippen LogP contribution in [0.5, 0.6) is 5.75 Å². The van der Waals surface area contributed by atoms with Crippen molar-refractivity contribution < 1.29 is 14.6 Å². The first-order valence-corrected chi connectivity index (χ1v) is 3.99. The second kappa shape index (κ2) is 4.28. The van der Waals surface area contributed by atoms with Crippen molar-refractivity contribution in [3.8, 4) is 11.8 Å². The van der Waals surface area contributed by atoms with Gasteiger partial charge in [-0.2, -0.15) is 5.26 Å². The number of esters is 1. The molecule has 0 aliphatic rings. The molecule has 14 heavy (non-hydrogen) atoms. The summed E-state index contributed by atoms with van der Waals surface area (Å²) in [6, 6.07) is 7.88. The van der Waals surface area contributed by atoms with Gasteiger partial charge in [0.2, 0.25) is 6.10 Å². The lowest BCUT2D eigenvalue weighted by atomic mass is 10.1. The molecule has 0 unspecified atom stereocenters. The van der Waals surface area contributed by atoms with Crippen LogP contribution in [0.3, 0.4) is 0 Å². The zero-order valence-corrected chi connectivity index (χ0v) is 7.60. The van der Waals surface area contributed by atoms with E-state index in [0.29, 0.717) is 5.56 Å². The van der Waals surface area contributed by atoms with Gasteiger partial charge in [-0.15, -0.1) is 0 Å². The van der Waals surface area contributed by atoms with Gasteiger partial charge in [0.1, 0.15) is 11.8 Å². The van der Waals surface area contributed by atoms with E-state index in [9.17, 15) is 4.79 Å². The van der Waals surface area contributed by atoms with Gasteiger partial charge in [0.25, 0.3) is 0 Å². The molecule has 1 rings (SSSR count). The minimum Gasteiger partial charge on any atom is -0.508 e. The lowest BCUT2D eigenvalue weighted by molar-refractivity contribution is -0.144. The van der Waals surface area contributed by atoms with E-state index in [2.05, 4.69) is 0 Å². The van der Waals surface area contributed by atoms with Crippen LogP contribution in [0.1, 0.15) is 18.6 Å². The lowest BCUT2D eigenvalue weighted by Crippen LogP contribution is -2.06. The molecule has 0 fully saturated rings. The molecule has 1 aromatic carbocycles. The molecule has 0 heterocycles. The van der Waals surface area contributed by atoms with Gasteiger partial charge in [0.05, 0.1) is 0 Å². The van der Waals surface area contributed by atoms with Crippen molar-refractivity contribution in [3.63, 3.8) is 0 Å². The molecule has 0 bridgehead atoms. The number of hydrogen-bond acceptors (Lipinski definition) is 4. The zero-order chi connectivity index (χ0) is 10.6. The molecule has 0 aliphatic heterocycles. The number of ether oxygens (including phenoxy) is 1. The molecule has 0 aromatic heterocycles. The SMILES string of the molecule is CC(=O)O[C@H](C#N)c1cccc(O)c1. The second-order valence-corrected chi connectivity index (χ2v) is 2.71. The first kappa shape index (κ1) is 10.1. The summed E-state index contributed by atoms with van der Waals surface area (Å²) < 4.78 is 4.73. The highest BCUT2D eigenvalue weighted by atomic mass is 16.5. The van der Waals surface area contributed by atoms with Crippen LogP contribution < -0.4 is 0 Å². The van der Waals surface area contributed by atoms with Crippen molar-refractivity contribution in [1.29, 1.82) is 5.26 Å². The number of hydrogen-bond donors (Lipinski definition) is 1. The molecule has 1 N–H and O–H groups in total. The van der Waals surface area contributed by atoms with Gasteiger partial charge in [-0.05, 0) is 12.1 Å². The predicted octanol–water partition coefficient (Wildman–Crippen LogP) is 1.52. The largest absolute Gasteiger partial charge is 0.508 e. The number of phenols is 1. The van der Waals surface area contributed by atoms with Crippen LogP contribution in [-0.2, 0) is 9.53 Å². The molecular formula is C10H9NO3. The molecule has 4 heteroatoms. The van der Waals surface area contributed by atoms with Gasteiger partial charge in [-0.3, -0.25) is 4.79 Å². The van der Waals surface area contributed by atoms with Crippen molar-refractivity contribution in [1.82, 2.24) is 0 Å². The predicted molar refractivity (Wildman–Crippen MR) is 48.2 cm³/mol. The molecule has 4 nitrogen and oxygen atoms in total. The highest BCUT2D eigenvalue weighted by Crippen LogP contribution is 2.20. The maximum absolute atomic E-state index is 10.6. The maximum Gasteiger partial charge on any atom is 0.304 e. The maximum atomic E-state index is 10.6. The Balaban J connectivity index is 2.90. The van der Waals surface area contributed by atoms with E-state index in [1.807, 2.05) is 6.07 Å². The number of phenolic OH excluding ortho intramolecular Hbond substituents is 1. The highest BCUT2D eigenvalue weighted by Gasteiger charge is 2.13. The summed E-state index contributed by atoms with van der Waals surface area (Å²) in [7, 11) is 0. The van der Waals surface area contributed by atoms with E-state index in [0.717, 1.165) is 0 Å². The topological polar surface area (TPSA) is 70.3 Å². The third kappa shape index (κ3) is 2.49. The van der Waals surface area contributed by atoms with E-state index in [1.165, 1.54) is 19.1 Å². The average molecular weight is 191 g/mol. The van der Waals surface area contributed by atoms with E-state index >= 15 is 0 Å². The molecule has 1 atom stereocenters. The molecule has 0 radical (unpaired) electrons. The van der Waals surface area contributed by atoms with Gasteiger partial charge < -0.3 is 9.84 Å². The summed E-state index contributed by atoms with van der Waals surface area (Å²) in [5.41, 5.74) is 0.461. The van der Waals surface area contributed by atoms with Crippen molar-refractivity contribution >= 4 is 5.97 Å². The number of nitrogens with zero attached hydrogens (tertiary/aromatic N) is 1. The summed E-state index contributed by atoms with van der Waals surface area (Å²) in [5.74, 6) is -0.491. The summed E-state index contributed by atoms with van der Waals surface area (Å²) in [6.07, 6.45) is -0.959. The van der Waals surface area contributed by atoms with Crippen LogP contribution >= 0.6 is 0 Å². The summed E-state index contributed by atoms with van der Waals surface area (Å²) in [6.45, 7) is 1.23. The number of carbonyl (C=O) groups excluding carboxylic acids is 1. The van der Waals surface area contributed by atoms with E-state index in [-0.39, 0.29) is 5.75 Å². The second-order valence-electron chi connectivity index (χ2n) is 2.71. The van der Waals surface area contributed by atoms with E-state index < -0.39 is 12.1 Å². The summed E-state index contributed by atoms with van der Waals surface area (Å²) in [5, 5.41) is 17.9. The van der Waals surface area contributed by atoms with Gasteiger partial charge in [-0.1, -0.05) is 12.1 Å². The number of nitriles is 1. The van der Waals surface area contributed by atoms with Gasteiger partial charge >= 0.3 is 5.97 Å². The molecule has 0 spiro atoms. The minimum atomic E-state index is -0.959. The third-order valence-electron chi connectivity index (χ3n) is 1.57. The van der Waals surface area contributed by atoms with Crippen molar-refractivity contribution in [2.45, 2.75) is 13.0 Å². The number of aromatic hydroxyl groups is 1. The Morgan fingerprint density at radius 3 is 2.86 bits per heavy atom. The van der Waals surface area contributed by atoms with Gasteiger partial charge in [-0.25, -0.2) is 0 Å². The number of rotatable bonds is 2. The molecule has 0 saturated carbocycles. The van der Waals surface area contributed by atoms with Gasteiger partial charge in [0.15, 0.2) is 0 Å². The Morgan fingerprint density at radius 1 is 1.64 bits per heavy atom. The van der Waals surface area contributed by atoms with Crippen LogP contribution in [0.15, 0.2) is 24.3 Å². The average Bonchev–Trinajstić information content (AvgIpc) is 2.14. The third-order valence-corrected chi connectivity index (χ3v) is 1.57. The molecular weight excluding hydrogens is 182 g/mol. The van der Waals surface area contributed by atoms with Crippen LogP contribution in [0.2, 0.25) is 0 Å². The van der Waals surface area contributed by atoms with E-state index in [1.54, 1.807) is 12.1 Å². The fourth-order valence-electron chi connectivity index (χ4n) is 1.02. The summed E-state index contributed by atoms with van der Waals surface area (Å²) in [4.78, 5) is 10.6. The van der Waals surface area contributed by atoms with Crippen LogP contribution in [-0.4, -0.2) is 11.1 Å². The Bertz CT molecular complexity index is 381.